The van der Waals surface area contributed by atoms with Crippen LogP contribution in [-0.4, -0.2) is 23.8 Å². The first-order valence-corrected chi connectivity index (χ1v) is 6.46. The van der Waals surface area contributed by atoms with E-state index in [0.717, 1.165) is 25.3 Å². The van der Waals surface area contributed by atoms with Crippen LogP contribution in [-0.2, 0) is 4.84 Å². The zero-order valence-corrected chi connectivity index (χ0v) is 10.0. The molecule has 2 aliphatic rings. The lowest BCUT2D eigenvalue weighted by molar-refractivity contribution is 0.0855. The predicted molar refractivity (Wildman–Crippen MR) is 67.7 cm³/mol. The Morgan fingerprint density at radius 3 is 2.59 bits per heavy atom. The van der Waals surface area contributed by atoms with Crippen LogP contribution in [0.25, 0.3) is 0 Å². The van der Waals surface area contributed by atoms with E-state index in [9.17, 15) is 0 Å². The molecule has 0 saturated carbocycles. The van der Waals surface area contributed by atoms with Gasteiger partial charge in [-0.05, 0) is 24.8 Å². The van der Waals surface area contributed by atoms with Crippen LogP contribution in [0.3, 0.4) is 0 Å². The second-order valence-electron chi connectivity index (χ2n) is 4.76. The quantitative estimate of drug-likeness (QED) is 0.741. The SMILES string of the molecule is c1ccc(C2CC(N3CCCCC3)=NO2)cc1. The Labute approximate surface area is 102 Å². The van der Waals surface area contributed by atoms with Gasteiger partial charge in [-0.25, -0.2) is 0 Å². The molecule has 1 aromatic rings. The van der Waals surface area contributed by atoms with Crippen LogP contribution in [0, 0.1) is 0 Å². The fourth-order valence-electron chi connectivity index (χ4n) is 2.55. The van der Waals surface area contributed by atoms with Crippen LogP contribution in [0.5, 0.6) is 0 Å². The second kappa shape index (κ2) is 4.78. The van der Waals surface area contributed by atoms with E-state index in [4.69, 9.17) is 4.84 Å². The Bertz CT molecular complexity index is 396. The molecule has 0 spiro atoms. The molecule has 1 fully saturated rings. The van der Waals surface area contributed by atoms with Gasteiger partial charge in [-0.3, -0.25) is 0 Å². The Balaban J connectivity index is 1.64. The van der Waals surface area contributed by atoms with Gasteiger partial charge in [0.2, 0.25) is 0 Å². The molecule has 0 aromatic heterocycles. The third kappa shape index (κ3) is 2.28. The van der Waals surface area contributed by atoms with E-state index in [1.807, 2.05) is 6.07 Å². The van der Waals surface area contributed by atoms with Gasteiger partial charge in [0.25, 0.3) is 0 Å². The summed E-state index contributed by atoms with van der Waals surface area (Å²) in [4.78, 5) is 7.93. The molecular weight excluding hydrogens is 212 g/mol. The first kappa shape index (κ1) is 10.6. The van der Waals surface area contributed by atoms with Crippen molar-refractivity contribution < 1.29 is 4.84 Å². The normalized spacial score (nSPS) is 24.4. The lowest BCUT2D eigenvalue weighted by Gasteiger charge is -2.27. The number of rotatable bonds is 1. The van der Waals surface area contributed by atoms with Gasteiger partial charge in [-0.1, -0.05) is 35.5 Å². The highest BCUT2D eigenvalue weighted by atomic mass is 16.6. The highest BCUT2D eigenvalue weighted by Crippen LogP contribution is 2.28. The third-order valence-corrected chi connectivity index (χ3v) is 3.55. The van der Waals surface area contributed by atoms with Gasteiger partial charge in [-0.15, -0.1) is 0 Å². The molecule has 0 radical (unpaired) electrons. The van der Waals surface area contributed by atoms with Gasteiger partial charge in [0.1, 0.15) is 5.84 Å². The maximum Gasteiger partial charge on any atom is 0.159 e. The first-order valence-electron chi connectivity index (χ1n) is 6.46. The maximum absolute atomic E-state index is 5.55. The molecule has 1 unspecified atom stereocenters. The summed E-state index contributed by atoms with van der Waals surface area (Å²) < 4.78 is 0. The minimum absolute atomic E-state index is 0.119. The van der Waals surface area contributed by atoms with Crippen molar-refractivity contribution in [1.29, 1.82) is 0 Å². The van der Waals surface area contributed by atoms with E-state index in [2.05, 4.69) is 34.3 Å². The smallest absolute Gasteiger partial charge is 0.159 e. The molecule has 2 aliphatic heterocycles. The van der Waals surface area contributed by atoms with E-state index in [0.29, 0.717) is 0 Å². The van der Waals surface area contributed by atoms with Crippen LogP contribution in [0.15, 0.2) is 35.5 Å². The van der Waals surface area contributed by atoms with E-state index in [1.165, 1.54) is 24.8 Å². The van der Waals surface area contributed by atoms with Gasteiger partial charge >= 0.3 is 0 Å². The van der Waals surface area contributed by atoms with Crippen molar-refractivity contribution in [2.75, 3.05) is 13.1 Å². The summed E-state index contributed by atoms with van der Waals surface area (Å²) in [6.07, 6.45) is 4.97. The van der Waals surface area contributed by atoms with Crippen LogP contribution < -0.4 is 0 Å². The van der Waals surface area contributed by atoms with Gasteiger partial charge in [0, 0.05) is 13.1 Å². The summed E-state index contributed by atoms with van der Waals surface area (Å²) in [6, 6.07) is 10.4. The van der Waals surface area contributed by atoms with E-state index >= 15 is 0 Å². The van der Waals surface area contributed by atoms with Crippen molar-refractivity contribution >= 4 is 5.84 Å². The minimum atomic E-state index is 0.119. The Hall–Kier alpha value is -1.51. The summed E-state index contributed by atoms with van der Waals surface area (Å²) >= 11 is 0. The van der Waals surface area contributed by atoms with Crippen molar-refractivity contribution in [2.24, 2.45) is 5.16 Å². The molecule has 2 heterocycles. The molecule has 90 valence electrons. The first-order chi connectivity index (χ1) is 8.43. The molecule has 17 heavy (non-hydrogen) atoms. The topological polar surface area (TPSA) is 24.8 Å². The van der Waals surface area contributed by atoms with Gasteiger partial charge in [0.15, 0.2) is 6.10 Å². The fourth-order valence-corrected chi connectivity index (χ4v) is 2.55. The average Bonchev–Trinajstić information content (AvgIpc) is 2.90. The van der Waals surface area contributed by atoms with Crippen LogP contribution in [0.1, 0.15) is 37.4 Å². The molecule has 0 N–H and O–H groups in total. The summed E-state index contributed by atoms with van der Waals surface area (Å²) in [6.45, 7) is 2.29. The number of benzene rings is 1. The molecule has 3 heteroatoms. The molecule has 0 bridgehead atoms. The Morgan fingerprint density at radius 2 is 1.82 bits per heavy atom. The molecule has 0 aliphatic carbocycles. The Kier molecular flexibility index (Phi) is 2.99. The van der Waals surface area contributed by atoms with Crippen molar-refractivity contribution in [3.8, 4) is 0 Å². The zero-order valence-electron chi connectivity index (χ0n) is 10.0. The molecule has 1 saturated heterocycles. The molecule has 0 amide bonds. The summed E-state index contributed by atoms with van der Waals surface area (Å²) in [5.74, 6) is 1.14. The van der Waals surface area contributed by atoms with Crippen LogP contribution in [0.2, 0.25) is 0 Å². The van der Waals surface area contributed by atoms with Gasteiger partial charge in [-0.2, -0.15) is 0 Å². The highest BCUT2D eigenvalue weighted by Gasteiger charge is 2.26. The monoisotopic (exact) mass is 230 g/mol. The number of hydrogen-bond acceptors (Lipinski definition) is 3. The largest absolute Gasteiger partial charge is 0.386 e. The molecule has 3 nitrogen and oxygen atoms in total. The van der Waals surface area contributed by atoms with Gasteiger partial charge in [0.05, 0.1) is 6.42 Å². The van der Waals surface area contributed by atoms with Crippen molar-refractivity contribution in [2.45, 2.75) is 31.8 Å². The maximum atomic E-state index is 5.55. The number of hydrogen-bond donors (Lipinski definition) is 0. The molecule has 1 atom stereocenters. The summed E-state index contributed by atoms with van der Waals surface area (Å²) in [7, 11) is 0. The number of piperidine rings is 1. The number of oxime groups is 1. The van der Waals surface area contributed by atoms with E-state index in [-0.39, 0.29) is 6.10 Å². The number of nitrogens with zero attached hydrogens (tertiary/aromatic N) is 2. The third-order valence-electron chi connectivity index (χ3n) is 3.55. The van der Waals surface area contributed by atoms with Crippen LogP contribution >= 0.6 is 0 Å². The molecule has 1 aromatic carbocycles. The van der Waals surface area contributed by atoms with E-state index < -0.39 is 0 Å². The lowest BCUT2D eigenvalue weighted by atomic mass is 10.1. The van der Waals surface area contributed by atoms with Crippen LogP contribution in [0.4, 0.5) is 0 Å². The standard InChI is InChI=1S/C14H18N2O/c1-3-7-12(8-4-1)13-11-14(15-17-13)16-9-5-2-6-10-16/h1,3-4,7-8,13H,2,5-6,9-11H2. The fraction of sp³-hybridized carbons (Fsp3) is 0.500. The Morgan fingerprint density at radius 1 is 1.06 bits per heavy atom. The average molecular weight is 230 g/mol. The summed E-state index contributed by atoms with van der Waals surface area (Å²) in [5, 5.41) is 4.26. The molecule has 3 rings (SSSR count). The summed E-state index contributed by atoms with van der Waals surface area (Å²) in [5.41, 5.74) is 1.23. The highest BCUT2D eigenvalue weighted by molar-refractivity contribution is 5.83. The van der Waals surface area contributed by atoms with E-state index in [1.54, 1.807) is 0 Å². The minimum Gasteiger partial charge on any atom is -0.386 e. The van der Waals surface area contributed by atoms with Gasteiger partial charge < -0.3 is 9.74 Å². The lowest BCUT2D eigenvalue weighted by Crippen LogP contribution is -2.34. The van der Waals surface area contributed by atoms with Crippen molar-refractivity contribution in [1.82, 2.24) is 4.90 Å². The second-order valence-corrected chi connectivity index (χ2v) is 4.76. The number of amidine groups is 1. The predicted octanol–water partition coefficient (Wildman–Crippen LogP) is 2.95. The van der Waals surface area contributed by atoms with Crippen molar-refractivity contribution in [3.05, 3.63) is 35.9 Å². The van der Waals surface area contributed by atoms with Crippen molar-refractivity contribution in [3.63, 3.8) is 0 Å². The zero-order chi connectivity index (χ0) is 11.5. The molecular formula is C14H18N2O. The number of likely N-dealkylation sites (tertiary alicyclic amines) is 1.